The second-order valence-corrected chi connectivity index (χ2v) is 29.7. The second kappa shape index (κ2) is 27.8. The average Bonchev–Trinajstić information content (AvgIpc) is 4.08. The van der Waals surface area contributed by atoms with Crippen LogP contribution in [0, 0.1) is 0 Å². The normalized spacial score (nSPS) is 15.8. The van der Waals surface area contributed by atoms with Gasteiger partial charge in [0.25, 0.3) is 28.4 Å². The standard InChI is InChI=1S/C59H82F2N2O4Si2/c1-58(2,3)68(48-35-23-19-24-36-48,49-37-25-20-26-38-49)66-45-33-17-13-9-7-11-15-31-43-52(60)56(64)62-54-47-55(54)63-57(65)53(61)44-32-16-12-8-10-14-18-34-46-67-69(59(4,5)6,50-39-27-21-28-40-50)51-41-29-22-30-42-51/h19-30,35-44,54-55H,7-18,31-34,45-47H2,1-6H3,(H,62,64)(H,63,65)/b52-43-,53-44-/t54-,55+. The Hall–Kier alpha value is -4.49. The van der Waals surface area contributed by atoms with Gasteiger partial charge in [-0.1, -0.05) is 227 Å². The molecule has 1 aliphatic carbocycles. The minimum atomic E-state index is -2.50. The molecule has 1 aliphatic rings. The zero-order chi connectivity index (χ0) is 49.6. The lowest BCUT2D eigenvalue weighted by molar-refractivity contribution is -0.120. The molecule has 0 unspecified atom stereocenters. The molecule has 4 aromatic rings. The van der Waals surface area contributed by atoms with Crippen molar-refractivity contribution in [1.29, 1.82) is 0 Å². The molecule has 10 heteroatoms. The molecule has 1 saturated carbocycles. The summed E-state index contributed by atoms with van der Waals surface area (Å²) in [6.45, 7) is 15.3. The van der Waals surface area contributed by atoms with Gasteiger partial charge in [-0.05, 0) is 87.9 Å². The fourth-order valence-corrected chi connectivity index (χ4v) is 19.1. The van der Waals surface area contributed by atoms with E-state index in [1.54, 1.807) is 0 Å². The number of rotatable bonds is 30. The Morgan fingerprint density at radius 2 is 0.725 bits per heavy atom. The van der Waals surface area contributed by atoms with E-state index in [0.717, 1.165) is 103 Å². The molecule has 0 heterocycles. The van der Waals surface area contributed by atoms with E-state index in [-0.39, 0.29) is 10.1 Å². The van der Waals surface area contributed by atoms with Crippen LogP contribution in [0.4, 0.5) is 8.78 Å². The SMILES string of the molecule is CC(C)(C)[Si](OCCCCCCCCC/C=C(\F)C(=O)N[C@H]1C[C@H]1NC(=O)/C(F)=C/CCCCCCCCCO[Si](c1ccccc1)(c1ccccc1)C(C)(C)C)(c1ccccc1)c1ccccc1. The summed E-state index contributed by atoms with van der Waals surface area (Å²) >= 11 is 0. The predicted octanol–water partition coefficient (Wildman–Crippen LogP) is 12.5. The van der Waals surface area contributed by atoms with Crippen molar-refractivity contribution in [1.82, 2.24) is 10.6 Å². The van der Waals surface area contributed by atoms with E-state index in [9.17, 15) is 18.4 Å². The molecule has 0 spiro atoms. The Labute approximate surface area is 416 Å². The van der Waals surface area contributed by atoms with E-state index in [1.807, 2.05) is 0 Å². The van der Waals surface area contributed by atoms with Gasteiger partial charge in [-0.25, -0.2) is 8.78 Å². The number of hydrogen-bond donors (Lipinski definition) is 2. The summed E-state index contributed by atoms with van der Waals surface area (Å²) in [6, 6.07) is 42.2. The van der Waals surface area contributed by atoms with E-state index >= 15 is 0 Å². The molecule has 0 bridgehead atoms. The zero-order valence-electron chi connectivity index (χ0n) is 42.7. The first-order valence-electron chi connectivity index (χ1n) is 26.0. The first kappa shape index (κ1) is 55.4. The highest BCUT2D eigenvalue weighted by molar-refractivity contribution is 7.00. The number of carbonyl (C=O) groups excluding carboxylic acids is 2. The number of hydrogen-bond acceptors (Lipinski definition) is 4. The Morgan fingerprint density at radius 3 is 1.00 bits per heavy atom. The highest BCUT2D eigenvalue weighted by Crippen LogP contribution is 2.38. The number of unbranched alkanes of at least 4 members (excludes halogenated alkanes) is 14. The van der Waals surface area contributed by atoms with Crippen LogP contribution in [0.2, 0.25) is 10.1 Å². The molecule has 4 aromatic carbocycles. The number of nitrogens with one attached hydrogen (secondary N) is 2. The average molecular weight is 977 g/mol. The van der Waals surface area contributed by atoms with Crippen molar-refractivity contribution in [3.63, 3.8) is 0 Å². The van der Waals surface area contributed by atoms with Crippen LogP contribution in [0.3, 0.4) is 0 Å². The number of carbonyl (C=O) groups is 2. The highest BCUT2D eigenvalue weighted by Gasteiger charge is 2.51. The fourth-order valence-electron chi connectivity index (χ4n) is 9.87. The molecule has 2 atom stereocenters. The largest absolute Gasteiger partial charge is 0.407 e. The molecule has 0 saturated heterocycles. The van der Waals surface area contributed by atoms with Crippen molar-refractivity contribution >= 4 is 49.2 Å². The van der Waals surface area contributed by atoms with Crippen molar-refractivity contribution in [2.75, 3.05) is 13.2 Å². The maximum atomic E-state index is 14.6. The fraction of sp³-hybridized carbons (Fsp3) is 0.492. The zero-order valence-corrected chi connectivity index (χ0v) is 44.7. The van der Waals surface area contributed by atoms with Gasteiger partial charge in [0.15, 0.2) is 11.7 Å². The van der Waals surface area contributed by atoms with Gasteiger partial charge in [0.05, 0.1) is 12.1 Å². The van der Waals surface area contributed by atoms with E-state index in [1.165, 1.54) is 32.9 Å². The molecular formula is C59H82F2N2O4Si2. The second-order valence-electron chi connectivity index (χ2n) is 21.1. The molecule has 0 aliphatic heterocycles. The van der Waals surface area contributed by atoms with Gasteiger partial charge in [-0.2, -0.15) is 0 Å². The Balaban J connectivity index is 0.874. The molecule has 0 radical (unpaired) electrons. The summed E-state index contributed by atoms with van der Waals surface area (Å²) in [5.74, 6) is -3.17. The van der Waals surface area contributed by atoms with Crippen molar-refractivity contribution in [2.45, 2.75) is 173 Å². The van der Waals surface area contributed by atoms with Gasteiger partial charge >= 0.3 is 0 Å². The van der Waals surface area contributed by atoms with Crippen molar-refractivity contribution in [2.24, 2.45) is 0 Å². The maximum Gasteiger partial charge on any atom is 0.279 e. The van der Waals surface area contributed by atoms with Gasteiger partial charge in [-0.15, -0.1) is 0 Å². The first-order chi connectivity index (χ1) is 33.2. The summed E-state index contributed by atoms with van der Waals surface area (Å²) in [5, 5.41) is 10.4. The first-order valence-corrected chi connectivity index (χ1v) is 29.9. The Bertz CT molecular complexity index is 1940. The Kier molecular flexibility index (Phi) is 22.3. The molecule has 69 heavy (non-hydrogen) atoms. The summed E-state index contributed by atoms with van der Waals surface area (Å²) in [6.07, 6.45) is 18.5. The smallest absolute Gasteiger partial charge is 0.279 e. The maximum absolute atomic E-state index is 14.6. The molecule has 6 nitrogen and oxygen atoms in total. The van der Waals surface area contributed by atoms with Gasteiger partial charge in [0, 0.05) is 13.2 Å². The van der Waals surface area contributed by atoms with Crippen LogP contribution in [0.5, 0.6) is 0 Å². The lowest BCUT2D eigenvalue weighted by Crippen LogP contribution is -2.66. The van der Waals surface area contributed by atoms with Crippen LogP contribution in [-0.2, 0) is 18.4 Å². The van der Waals surface area contributed by atoms with Crippen LogP contribution in [0.1, 0.15) is 151 Å². The van der Waals surface area contributed by atoms with Gasteiger partial charge in [-0.3, -0.25) is 9.59 Å². The van der Waals surface area contributed by atoms with Crippen LogP contribution in [0.25, 0.3) is 0 Å². The monoisotopic (exact) mass is 977 g/mol. The molecule has 2 amide bonds. The Morgan fingerprint density at radius 1 is 0.464 bits per heavy atom. The van der Waals surface area contributed by atoms with Crippen molar-refractivity contribution in [3.8, 4) is 0 Å². The number of halogens is 2. The summed E-state index contributed by atoms with van der Waals surface area (Å²) in [5.41, 5.74) is 0. The van der Waals surface area contributed by atoms with E-state index in [4.69, 9.17) is 8.85 Å². The van der Waals surface area contributed by atoms with Gasteiger partial charge in [0.1, 0.15) is 0 Å². The molecule has 374 valence electrons. The lowest BCUT2D eigenvalue weighted by Gasteiger charge is -2.43. The molecule has 0 aromatic heterocycles. The van der Waals surface area contributed by atoms with Gasteiger partial charge in [0.2, 0.25) is 0 Å². The minimum Gasteiger partial charge on any atom is -0.407 e. The highest BCUT2D eigenvalue weighted by atomic mass is 28.4. The molecule has 5 rings (SSSR count). The lowest BCUT2D eigenvalue weighted by atomic mass is 10.1. The third-order valence-corrected chi connectivity index (χ3v) is 23.8. The van der Waals surface area contributed by atoms with Crippen molar-refractivity contribution < 1.29 is 27.2 Å². The van der Waals surface area contributed by atoms with E-state index in [0.29, 0.717) is 19.3 Å². The third kappa shape index (κ3) is 16.3. The van der Waals surface area contributed by atoms with Gasteiger partial charge < -0.3 is 19.5 Å². The topological polar surface area (TPSA) is 76.7 Å². The van der Waals surface area contributed by atoms with Crippen molar-refractivity contribution in [3.05, 3.63) is 145 Å². The van der Waals surface area contributed by atoms with Crippen LogP contribution in [0.15, 0.2) is 145 Å². The summed E-state index contributed by atoms with van der Waals surface area (Å²) in [4.78, 5) is 24.9. The van der Waals surface area contributed by atoms with E-state index in [2.05, 4.69) is 174 Å². The predicted molar refractivity (Wildman–Crippen MR) is 288 cm³/mol. The van der Waals surface area contributed by atoms with Crippen LogP contribution < -0.4 is 31.4 Å². The summed E-state index contributed by atoms with van der Waals surface area (Å²) < 4.78 is 43.2. The number of benzene rings is 4. The molecule has 1 fully saturated rings. The quantitative estimate of drug-likeness (QED) is 0.0310. The molecule has 2 N–H and O–H groups in total. The van der Waals surface area contributed by atoms with E-state index < -0.39 is 52.2 Å². The minimum absolute atomic E-state index is 0.0307. The number of amides is 2. The van der Waals surface area contributed by atoms with Crippen LogP contribution in [-0.4, -0.2) is 53.7 Å². The van der Waals surface area contributed by atoms with Crippen LogP contribution >= 0.6 is 0 Å². The number of allylic oxidation sites excluding steroid dienone is 2. The third-order valence-electron chi connectivity index (χ3n) is 13.7. The summed E-state index contributed by atoms with van der Waals surface area (Å²) in [7, 11) is -5.01. The molecular weight excluding hydrogens is 895 g/mol.